The lowest BCUT2D eigenvalue weighted by atomic mass is 9.76. The van der Waals surface area contributed by atoms with Gasteiger partial charge < -0.3 is 15.2 Å². The fourth-order valence-corrected chi connectivity index (χ4v) is 5.11. The van der Waals surface area contributed by atoms with Gasteiger partial charge in [0, 0.05) is 17.8 Å². The summed E-state index contributed by atoms with van der Waals surface area (Å²) in [6, 6.07) is 18.8. The Labute approximate surface area is 199 Å². The molecule has 0 radical (unpaired) electrons. The van der Waals surface area contributed by atoms with Gasteiger partial charge >= 0.3 is 0 Å². The number of nitrogens with zero attached hydrogens (tertiary/aromatic N) is 1. The molecule has 5 rings (SSSR count). The number of phenolic OH excluding ortho intramolecular Hbond substituents is 1. The van der Waals surface area contributed by atoms with Crippen molar-refractivity contribution in [3.63, 3.8) is 0 Å². The van der Waals surface area contributed by atoms with E-state index >= 15 is 0 Å². The number of fused-ring (bicyclic) bond motifs is 3. The number of hydrogen-bond donors (Lipinski definition) is 2. The second kappa shape index (κ2) is 8.95. The number of rotatable bonds is 5. The minimum Gasteiger partial charge on any atom is -0.503 e. The van der Waals surface area contributed by atoms with Crippen LogP contribution in [0.3, 0.4) is 0 Å². The Hall–Kier alpha value is -3.24. The van der Waals surface area contributed by atoms with Crippen molar-refractivity contribution in [1.82, 2.24) is 0 Å². The van der Waals surface area contributed by atoms with E-state index in [-0.39, 0.29) is 16.8 Å². The summed E-state index contributed by atoms with van der Waals surface area (Å²) < 4.78 is 5.45. The number of aryl methyl sites for hydroxylation is 1. The standard InChI is InChI=1S/C28H27ClN2O2/c1-3-33-26-15-18(14-24(29)28(26)32)16-30-20-10-8-19(9-11-20)27-22-6-4-5-21(22)23-13-17(2)7-12-25(23)31-27/h4-5,7-16,21-22,27,31-32H,3,6H2,1-2H3/t21-,22+,27+/m1/s1. The number of halogens is 1. The minimum absolute atomic E-state index is 0.0450. The van der Waals surface area contributed by atoms with Crippen LogP contribution in [0.1, 0.15) is 47.6 Å². The van der Waals surface area contributed by atoms with Crippen molar-refractivity contribution in [1.29, 1.82) is 0 Å². The largest absolute Gasteiger partial charge is 0.503 e. The minimum atomic E-state index is -0.0450. The molecule has 0 bridgehead atoms. The number of nitrogens with one attached hydrogen (secondary N) is 1. The first-order valence-corrected chi connectivity index (χ1v) is 11.7. The van der Waals surface area contributed by atoms with Crippen LogP contribution in [0.25, 0.3) is 0 Å². The summed E-state index contributed by atoms with van der Waals surface area (Å²) in [5, 5.41) is 14.1. The number of allylic oxidation sites excluding steroid dienone is 2. The van der Waals surface area contributed by atoms with E-state index in [2.05, 4.69) is 59.7 Å². The predicted molar refractivity (Wildman–Crippen MR) is 136 cm³/mol. The number of hydrogen-bond acceptors (Lipinski definition) is 4. The number of anilines is 1. The Kier molecular flexibility index (Phi) is 5.86. The summed E-state index contributed by atoms with van der Waals surface area (Å²) in [6.07, 6.45) is 7.50. The molecule has 2 N–H and O–H groups in total. The van der Waals surface area contributed by atoms with Gasteiger partial charge in [-0.2, -0.15) is 0 Å². The van der Waals surface area contributed by atoms with Crippen molar-refractivity contribution in [2.24, 2.45) is 10.9 Å². The van der Waals surface area contributed by atoms with Crippen molar-refractivity contribution < 1.29 is 9.84 Å². The third-order valence-electron chi connectivity index (χ3n) is 6.48. The van der Waals surface area contributed by atoms with Crippen molar-refractivity contribution in [2.75, 3.05) is 11.9 Å². The topological polar surface area (TPSA) is 53.8 Å². The fraction of sp³-hybridized carbons (Fsp3) is 0.250. The molecule has 0 spiro atoms. The van der Waals surface area contributed by atoms with Crippen LogP contribution in [-0.4, -0.2) is 17.9 Å². The van der Waals surface area contributed by atoms with Crippen molar-refractivity contribution in [3.05, 3.63) is 94.0 Å². The summed E-state index contributed by atoms with van der Waals surface area (Å²) in [7, 11) is 0. The summed E-state index contributed by atoms with van der Waals surface area (Å²) in [5.41, 5.74) is 6.84. The van der Waals surface area contributed by atoms with E-state index in [1.165, 1.54) is 22.4 Å². The zero-order valence-electron chi connectivity index (χ0n) is 18.8. The molecular formula is C28H27ClN2O2. The third-order valence-corrected chi connectivity index (χ3v) is 6.77. The highest BCUT2D eigenvalue weighted by molar-refractivity contribution is 6.32. The van der Waals surface area contributed by atoms with Gasteiger partial charge in [0.2, 0.25) is 0 Å². The summed E-state index contributed by atoms with van der Waals surface area (Å²) in [4.78, 5) is 4.59. The zero-order chi connectivity index (χ0) is 22.9. The number of aliphatic imine (C=N–C) groups is 1. The van der Waals surface area contributed by atoms with Crippen LogP contribution in [-0.2, 0) is 0 Å². The highest BCUT2D eigenvalue weighted by Crippen LogP contribution is 2.50. The molecule has 0 unspecified atom stereocenters. The maximum atomic E-state index is 10.0. The second-order valence-electron chi connectivity index (χ2n) is 8.70. The highest BCUT2D eigenvalue weighted by Gasteiger charge is 2.37. The van der Waals surface area contributed by atoms with Crippen LogP contribution >= 0.6 is 11.6 Å². The zero-order valence-corrected chi connectivity index (χ0v) is 19.5. The van der Waals surface area contributed by atoms with Crippen molar-refractivity contribution in [2.45, 2.75) is 32.2 Å². The van der Waals surface area contributed by atoms with Gasteiger partial charge in [-0.25, -0.2) is 0 Å². The van der Waals surface area contributed by atoms with E-state index in [1.807, 2.05) is 19.1 Å². The monoisotopic (exact) mass is 458 g/mol. The summed E-state index contributed by atoms with van der Waals surface area (Å²) in [6.45, 7) is 4.46. The Morgan fingerprint density at radius 3 is 2.76 bits per heavy atom. The number of phenols is 1. The Balaban J connectivity index is 1.37. The normalized spacial score (nSPS) is 21.0. The van der Waals surface area contributed by atoms with Gasteiger partial charge in [0.25, 0.3) is 0 Å². The summed E-state index contributed by atoms with van der Waals surface area (Å²) in [5.74, 6) is 1.30. The van der Waals surface area contributed by atoms with E-state index < -0.39 is 0 Å². The number of ether oxygens (including phenoxy) is 1. The van der Waals surface area contributed by atoms with Gasteiger partial charge in [0.15, 0.2) is 11.5 Å². The van der Waals surface area contributed by atoms with Gasteiger partial charge in [0.1, 0.15) is 0 Å². The van der Waals surface area contributed by atoms with Gasteiger partial charge in [-0.1, -0.05) is 53.6 Å². The van der Waals surface area contributed by atoms with Crippen LogP contribution in [0.15, 0.2) is 71.7 Å². The van der Waals surface area contributed by atoms with Gasteiger partial charge in [-0.3, -0.25) is 4.99 Å². The number of benzene rings is 3. The first-order chi connectivity index (χ1) is 16.0. The highest BCUT2D eigenvalue weighted by atomic mass is 35.5. The van der Waals surface area contributed by atoms with E-state index in [0.717, 1.165) is 17.7 Å². The van der Waals surface area contributed by atoms with E-state index in [1.54, 1.807) is 18.3 Å². The molecular weight excluding hydrogens is 432 g/mol. The lowest BCUT2D eigenvalue weighted by molar-refractivity contribution is 0.318. The molecule has 1 aliphatic heterocycles. The molecule has 0 amide bonds. The van der Waals surface area contributed by atoms with E-state index in [0.29, 0.717) is 24.2 Å². The van der Waals surface area contributed by atoms with Crippen LogP contribution in [0.4, 0.5) is 11.4 Å². The predicted octanol–water partition coefficient (Wildman–Crippen LogP) is 7.33. The fourth-order valence-electron chi connectivity index (χ4n) is 4.89. The van der Waals surface area contributed by atoms with Crippen molar-refractivity contribution >= 4 is 29.2 Å². The molecule has 0 fully saturated rings. The molecule has 3 atom stereocenters. The Morgan fingerprint density at radius 1 is 1.15 bits per heavy atom. The molecule has 3 aromatic carbocycles. The summed E-state index contributed by atoms with van der Waals surface area (Å²) >= 11 is 6.13. The van der Waals surface area contributed by atoms with Crippen LogP contribution in [0.2, 0.25) is 5.02 Å². The van der Waals surface area contributed by atoms with Crippen LogP contribution in [0, 0.1) is 12.8 Å². The molecule has 3 aromatic rings. The molecule has 1 aliphatic carbocycles. The average Bonchev–Trinajstić information content (AvgIpc) is 3.31. The van der Waals surface area contributed by atoms with Crippen molar-refractivity contribution in [3.8, 4) is 11.5 Å². The molecule has 4 nitrogen and oxygen atoms in total. The quantitative estimate of drug-likeness (QED) is 0.311. The first kappa shape index (κ1) is 21.6. The molecule has 0 saturated heterocycles. The second-order valence-corrected chi connectivity index (χ2v) is 9.11. The maximum absolute atomic E-state index is 10.0. The Bertz CT molecular complexity index is 1230. The number of aromatic hydroxyl groups is 1. The van der Waals surface area contributed by atoms with Gasteiger partial charge in [0.05, 0.1) is 23.4 Å². The van der Waals surface area contributed by atoms with Crippen LogP contribution in [0.5, 0.6) is 11.5 Å². The SMILES string of the molecule is CCOc1cc(C=Nc2ccc([C@@H]3Nc4ccc(C)cc4[C@@H]4C=CC[C@@H]43)cc2)cc(Cl)c1O. The molecule has 33 heavy (non-hydrogen) atoms. The Morgan fingerprint density at radius 2 is 1.97 bits per heavy atom. The molecule has 0 saturated carbocycles. The third kappa shape index (κ3) is 4.23. The molecule has 2 aliphatic rings. The maximum Gasteiger partial charge on any atom is 0.176 e. The molecule has 0 aromatic heterocycles. The molecule has 5 heteroatoms. The van der Waals surface area contributed by atoms with E-state index in [4.69, 9.17) is 16.3 Å². The first-order valence-electron chi connectivity index (χ1n) is 11.4. The lowest BCUT2D eigenvalue weighted by Gasteiger charge is -2.37. The van der Waals surface area contributed by atoms with Crippen LogP contribution < -0.4 is 10.1 Å². The van der Waals surface area contributed by atoms with E-state index in [9.17, 15) is 5.11 Å². The average molecular weight is 459 g/mol. The van der Waals surface area contributed by atoms with Gasteiger partial charge in [-0.15, -0.1) is 0 Å². The molecule has 1 heterocycles. The van der Waals surface area contributed by atoms with Gasteiger partial charge in [-0.05, 0) is 73.2 Å². The lowest BCUT2D eigenvalue weighted by Crippen LogP contribution is -2.29. The molecule has 168 valence electrons. The smallest absolute Gasteiger partial charge is 0.176 e.